The highest BCUT2D eigenvalue weighted by Crippen LogP contribution is 2.35. The zero-order valence-corrected chi connectivity index (χ0v) is 16.9. The molecule has 8 nitrogen and oxygen atoms in total. The van der Waals surface area contributed by atoms with E-state index in [1.54, 1.807) is 0 Å². The first-order valence-corrected chi connectivity index (χ1v) is 10.0. The number of hydrogen-bond donors (Lipinski definition) is 3. The van der Waals surface area contributed by atoms with Gasteiger partial charge in [-0.3, -0.25) is 9.71 Å². The Morgan fingerprint density at radius 2 is 1.90 bits per heavy atom. The summed E-state index contributed by atoms with van der Waals surface area (Å²) in [6.45, 7) is 0. The zero-order valence-electron chi connectivity index (χ0n) is 14.5. The Balaban J connectivity index is 2.05. The molecule has 154 valence electrons. The van der Waals surface area contributed by atoms with Gasteiger partial charge in [0.05, 0.1) is 27.7 Å². The van der Waals surface area contributed by atoms with Gasteiger partial charge in [-0.2, -0.15) is 18.3 Å². The van der Waals surface area contributed by atoms with Crippen molar-refractivity contribution in [2.24, 2.45) is 0 Å². The van der Waals surface area contributed by atoms with E-state index in [1.165, 1.54) is 25.3 Å². The molecule has 0 amide bonds. The Kier molecular flexibility index (Phi) is 5.45. The third-order valence-corrected chi connectivity index (χ3v) is 5.72. The first-order chi connectivity index (χ1) is 13.5. The predicted octanol–water partition coefficient (Wildman–Crippen LogP) is 3.36. The first-order valence-electron chi connectivity index (χ1n) is 7.73. The lowest BCUT2D eigenvalue weighted by molar-refractivity contribution is -0.137. The van der Waals surface area contributed by atoms with Crippen LogP contribution in [0.4, 0.5) is 18.9 Å². The number of hydrogen-bond acceptors (Lipinski definition) is 5. The SMILES string of the molecule is COc1ccc(S(=O)(=O)Nc2cc(-c3n[nH]c(=O)[nH]3)cc(C(F)(F)F)c2)cc1Br. The van der Waals surface area contributed by atoms with E-state index < -0.39 is 27.5 Å². The number of sulfonamides is 1. The molecular formula is C16H12BrF3N4O4S. The number of H-pyrrole nitrogens is 2. The summed E-state index contributed by atoms with van der Waals surface area (Å²) in [7, 11) is -2.82. The van der Waals surface area contributed by atoms with E-state index in [-0.39, 0.29) is 22.0 Å². The fourth-order valence-corrected chi connectivity index (χ4v) is 4.18. The molecule has 1 aromatic heterocycles. The minimum atomic E-state index is -4.75. The quantitative estimate of drug-likeness (QED) is 0.504. The summed E-state index contributed by atoms with van der Waals surface area (Å²) in [5.41, 5.74) is -2.33. The van der Waals surface area contributed by atoms with Crippen LogP contribution in [-0.4, -0.2) is 30.7 Å². The molecule has 0 saturated heterocycles. The molecule has 0 radical (unpaired) electrons. The molecule has 29 heavy (non-hydrogen) atoms. The van der Waals surface area contributed by atoms with Gasteiger partial charge in [-0.25, -0.2) is 18.3 Å². The van der Waals surface area contributed by atoms with Crippen LogP contribution in [0, 0.1) is 0 Å². The van der Waals surface area contributed by atoms with E-state index in [0.29, 0.717) is 16.3 Å². The molecule has 0 spiro atoms. The maximum absolute atomic E-state index is 13.3. The monoisotopic (exact) mass is 492 g/mol. The van der Waals surface area contributed by atoms with Crippen LogP contribution in [0.2, 0.25) is 0 Å². The van der Waals surface area contributed by atoms with Crippen molar-refractivity contribution in [2.75, 3.05) is 11.8 Å². The van der Waals surface area contributed by atoms with Crippen LogP contribution in [0.5, 0.6) is 5.75 Å². The summed E-state index contributed by atoms with van der Waals surface area (Å²) in [5, 5.41) is 5.62. The van der Waals surface area contributed by atoms with Crippen molar-refractivity contribution in [1.82, 2.24) is 15.2 Å². The Labute approximate surface area is 170 Å². The lowest BCUT2D eigenvalue weighted by Gasteiger charge is -2.14. The third-order valence-electron chi connectivity index (χ3n) is 3.72. The van der Waals surface area contributed by atoms with Crippen LogP contribution in [0.15, 0.2) is 50.6 Å². The molecule has 1 heterocycles. The summed E-state index contributed by atoms with van der Waals surface area (Å²) in [6, 6.07) is 6.40. The van der Waals surface area contributed by atoms with Gasteiger partial charge in [0.15, 0.2) is 5.82 Å². The van der Waals surface area contributed by atoms with Gasteiger partial charge in [0.25, 0.3) is 10.0 Å². The van der Waals surface area contributed by atoms with E-state index in [4.69, 9.17) is 4.74 Å². The van der Waals surface area contributed by atoms with Crippen LogP contribution in [0.1, 0.15) is 5.56 Å². The number of nitrogens with zero attached hydrogens (tertiary/aromatic N) is 1. The minimum absolute atomic E-state index is 0.133. The molecule has 0 aliphatic carbocycles. The summed E-state index contributed by atoms with van der Waals surface area (Å²) in [4.78, 5) is 13.2. The topological polar surface area (TPSA) is 117 Å². The smallest absolute Gasteiger partial charge is 0.416 e. The van der Waals surface area contributed by atoms with Gasteiger partial charge in [0.2, 0.25) is 0 Å². The highest BCUT2D eigenvalue weighted by Gasteiger charge is 2.32. The average Bonchev–Trinajstić information content (AvgIpc) is 3.06. The number of halogens is 4. The zero-order chi connectivity index (χ0) is 21.4. The van der Waals surface area contributed by atoms with Crippen molar-refractivity contribution in [3.8, 4) is 17.1 Å². The standard InChI is InChI=1S/C16H12BrF3N4O4S/c1-28-13-3-2-11(7-12(13)17)29(26,27)24-10-5-8(14-21-15(25)23-22-14)4-9(6-10)16(18,19)20/h2-7,24H,1H3,(H2,21,22,23,25). The van der Waals surface area contributed by atoms with Gasteiger partial charge < -0.3 is 4.74 Å². The van der Waals surface area contributed by atoms with Crippen molar-refractivity contribution in [3.05, 3.63) is 56.9 Å². The molecule has 0 aliphatic heterocycles. The second-order valence-corrected chi connectivity index (χ2v) is 8.26. The molecule has 2 aromatic carbocycles. The number of aromatic nitrogens is 3. The Morgan fingerprint density at radius 1 is 1.17 bits per heavy atom. The number of nitrogens with one attached hydrogen (secondary N) is 3. The molecule has 0 saturated carbocycles. The van der Waals surface area contributed by atoms with Gasteiger partial charge in [0.1, 0.15) is 5.75 Å². The van der Waals surface area contributed by atoms with Crippen LogP contribution in [0.3, 0.4) is 0 Å². The van der Waals surface area contributed by atoms with Gasteiger partial charge in [-0.1, -0.05) is 0 Å². The molecule has 0 atom stereocenters. The molecule has 0 bridgehead atoms. The van der Waals surface area contributed by atoms with Gasteiger partial charge in [-0.15, -0.1) is 0 Å². The number of ether oxygens (including phenoxy) is 1. The van der Waals surface area contributed by atoms with Crippen molar-refractivity contribution < 1.29 is 26.3 Å². The number of alkyl halides is 3. The minimum Gasteiger partial charge on any atom is -0.496 e. The number of aromatic amines is 2. The summed E-state index contributed by atoms with van der Waals surface area (Å²) >= 11 is 3.16. The fraction of sp³-hybridized carbons (Fsp3) is 0.125. The lowest BCUT2D eigenvalue weighted by atomic mass is 10.1. The summed E-state index contributed by atoms with van der Waals surface area (Å²) < 4.78 is 72.5. The lowest BCUT2D eigenvalue weighted by Crippen LogP contribution is -2.14. The number of methoxy groups -OCH3 is 1. The van der Waals surface area contributed by atoms with E-state index in [1.807, 2.05) is 5.10 Å². The molecule has 0 aliphatic rings. The molecule has 3 aromatic rings. The third kappa shape index (κ3) is 4.62. The summed E-state index contributed by atoms with van der Waals surface area (Å²) in [5.74, 6) is 0.210. The van der Waals surface area contributed by atoms with E-state index >= 15 is 0 Å². The highest BCUT2D eigenvalue weighted by atomic mass is 79.9. The molecule has 13 heteroatoms. The van der Waals surface area contributed by atoms with Crippen LogP contribution in [0.25, 0.3) is 11.4 Å². The first kappa shape index (κ1) is 20.9. The normalized spacial score (nSPS) is 12.0. The average molecular weight is 493 g/mol. The molecule has 3 rings (SSSR count). The van der Waals surface area contributed by atoms with Crippen LogP contribution < -0.4 is 15.1 Å². The second kappa shape index (κ2) is 7.55. The van der Waals surface area contributed by atoms with E-state index in [9.17, 15) is 26.4 Å². The molecule has 3 N–H and O–H groups in total. The number of rotatable bonds is 5. The number of anilines is 1. The van der Waals surface area contributed by atoms with E-state index in [2.05, 4.69) is 30.7 Å². The molecule has 0 unspecified atom stereocenters. The molecule has 0 fully saturated rings. The maximum Gasteiger partial charge on any atom is 0.416 e. The summed E-state index contributed by atoms with van der Waals surface area (Å²) in [6.07, 6.45) is -4.75. The van der Waals surface area contributed by atoms with Crippen molar-refractivity contribution in [3.63, 3.8) is 0 Å². The van der Waals surface area contributed by atoms with E-state index in [0.717, 1.165) is 12.1 Å². The van der Waals surface area contributed by atoms with Gasteiger partial charge in [0, 0.05) is 5.56 Å². The van der Waals surface area contributed by atoms with Crippen LogP contribution in [-0.2, 0) is 16.2 Å². The van der Waals surface area contributed by atoms with Crippen LogP contribution >= 0.6 is 15.9 Å². The number of benzene rings is 2. The second-order valence-electron chi connectivity index (χ2n) is 5.72. The largest absolute Gasteiger partial charge is 0.496 e. The fourth-order valence-electron chi connectivity index (χ4n) is 2.42. The van der Waals surface area contributed by atoms with Crippen molar-refractivity contribution in [2.45, 2.75) is 11.1 Å². The maximum atomic E-state index is 13.3. The predicted molar refractivity (Wildman–Crippen MR) is 101 cm³/mol. The Hall–Kier alpha value is -2.80. The van der Waals surface area contributed by atoms with Gasteiger partial charge in [-0.05, 0) is 52.3 Å². The Bertz CT molecular complexity index is 1220. The highest BCUT2D eigenvalue weighted by molar-refractivity contribution is 9.10. The van der Waals surface area contributed by atoms with Gasteiger partial charge >= 0.3 is 11.9 Å². The van der Waals surface area contributed by atoms with Crippen molar-refractivity contribution >= 4 is 31.6 Å². The van der Waals surface area contributed by atoms with Crippen molar-refractivity contribution in [1.29, 1.82) is 0 Å². The molecular weight excluding hydrogens is 481 g/mol. The Morgan fingerprint density at radius 3 is 2.45 bits per heavy atom.